The summed E-state index contributed by atoms with van der Waals surface area (Å²) in [5.41, 5.74) is 1.58. The fourth-order valence-corrected chi connectivity index (χ4v) is 1.78. The van der Waals surface area contributed by atoms with Gasteiger partial charge in [-0.1, -0.05) is 0 Å². The summed E-state index contributed by atoms with van der Waals surface area (Å²) >= 11 is 0. The summed E-state index contributed by atoms with van der Waals surface area (Å²) in [6, 6.07) is 3.13. The molecule has 0 bridgehead atoms. The number of methoxy groups -OCH3 is 1. The number of alkyl halides is 3. The van der Waals surface area contributed by atoms with E-state index < -0.39 is 18.1 Å². The summed E-state index contributed by atoms with van der Waals surface area (Å²) in [6.45, 7) is 1.81. The van der Waals surface area contributed by atoms with Gasteiger partial charge in [0.15, 0.2) is 0 Å². The first-order valence-electron chi connectivity index (χ1n) is 6.77. The van der Waals surface area contributed by atoms with E-state index in [2.05, 4.69) is 14.7 Å². The summed E-state index contributed by atoms with van der Waals surface area (Å²) in [5.74, 6) is -3.84. The largest absolute Gasteiger partial charge is 0.491 e. The van der Waals surface area contributed by atoms with E-state index in [-0.39, 0.29) is 11.6 Å². The van der Waals surface area contributed by atoms with Gasteiger partial charge in [-0.15, -0.1) is 0 Å². The molecule has 2 aromatic rings. The van der Waals surface area contributed by atoms with Gasteiger partial charge >= 0.3 is 18.1 Å². The second-order valence-electron chi connectivity index (χ2n) is 4.73. The van der Waals surface area contributed by atoms with E-state index in [1.54, 1.807) is 30.1 Å². The average Bonchev–Trinajstić information content (AvgIpc) is 2.98. The number of halogens is 3. The molecule has 0 aliphatic carbocycles. The fraction of sp³-hybridized carbons (Fsp3) is 0.200. The SMILES string of the molecule is COc1nc(/C=C/C(=O)OC(=O)C(F)(F)F)ccc1-n1cnc(C)c1. The van der Waals surface area contributed by atoms with Crippen molar-refractivity contribution in [3.05, 3.63) is 42.1 Å². The molecule has 2 aromatic heterocycles. The third-order valence-corrected chi connectivity index (χ3v) is 2.86. The molecule has 0 N–H and O–H groups in total. The number of esters is 2. The Hall–Kier alpha value is -3.17. The van der Waals surface area contributed by atoms with Crippen molar-refractivity contribution in [3.63, 3.8) is 0 Å². The van der Waals surface area contributed by atoms with Crippen LogP contribution in [0.3, 0.4) is 0 Å². The Kier molecular flexibility index (Phi) is 5.20. The van der Waals surface area contributed by atoms with Gasteiger partial charge < -0.3 is 14.0 Å². The van der Waals surface area contributed by atoms with Crippen LogP contribution < -0.4 is 4.74 Å². The quantitative estimate of drug-likeness (QED) is 0.475. The Bertz CT molecular complexity index is 828. The van der Waals surface area contributed by atoms with Gasteiger partial charge in [-0.05, 0) is 25.1 Å². The van der Waals surface area contributed by atoms with Crippen LogP contribution in [0.2, 0.25) is 0 Å². The molecule has 0 fully saturated rings. The number of rotatable bonds is 4. The second kappa shape index (κ2) is 7.16. The van der Waals surface area contributed by atoms with Crippen molar-refractivity contribution in [1.82, 2.24) is 14.5 Å². The fourth-order valence-electron chi connectivity index (χ4n) is 1.78. The highest BCUT2D eigenvalue weighted by Crippen LogP contribution is 2.21. The molecule has 7 nitrogen and oxygen atoms in total. The molecule has 2 rings (SSSR count). The maximum Gasteiger partial charge on any atom is 0.491 e. The molecule has 0 saturated carbocycles. The monoisotopic (exact) mass is 355 g/mol. The molecule has 0 aromatic carbocycles. The van der Waals surface area contributed by atoms with Gasteiger partial charge in [0.05, 0.1) is 24.8 Å². The number of ether oxygens (including phenoxy) is 2. The molecule has 0 radical (unpaired) electrons. The van der Waals surface area contributed by atoms with E-state index >= 15 is 0 Å². The van der Waals surface area contributed by atoms with Crippen molar-refractivity contribution in [3.8, 4) is 11.6 Å². The van der Waals surface area contributed by atoms with Crippen molar-refractivity contribution in [1.29, 1.82) is 0 Å². The molecule has 0 saturated heterocycles. The van der Waals surface area contributed by atoms with Gasteiger partial charge in [-0.3, -0.25) is 0 Å². The number of carbonyl (C=O) groups excluding carboxylic acids is 2. The maximum absolute atomic E-state index is 12.0. The van der Waals surface area contributed by atoms with Gasteiger partial charge in [0.25, 0.3) is 0 Å². The lowest BCUT2D eigenvalue weighted by atomic mass is 10.3. The first-order chi connectivity index (χ1) is 11.7. The summed E-state index contributed by atoms with van der Waals surface area (Å²) in [7, 11) is 1.39. The van der Waals surface area contributed by atoms with Crippen LogP contribution in [-0.4, -0.2) is 39.8 Å². The standard InChI is InChI=1S/C15H12F3N3O4/c1-9-7-21(8-19-9)11-5-3-10(20-13(11)24-2)4-6-12(22)25-14(23)15(16,17)18/h3-8H,1-2H3/b6-4+. The first-order valence-corrected chi connectivity index (χ1v) is 6.77. The molecular weight excluding hydrogens is 343 g/mol. The molecule has 10 heteroatoms. The van der Waals surface area contributed by atoms with Crippen LogP contribution in [0.25, 0.3) is 11.8 Å². The van der Waals surface area contributed by atoms with Gasteiger partial charge in [0.2, 0.25) is 5.88 Å². The molecule has 0 aliphatic heterocycles. The van der Waals surface area contributed by atoms with Gasteiger partial charge in [0, 0.05) is 12.3 Å². The van der Waals surface area contributed by atoms with Gasteiger partial charge in [-0.25, -0.2) is 19.6 Å². The van der Waals surface area contributed by atoms with Crippen molar-refractivity contribution < 1.29 is 32.2 Å². The van der Waals surface area contributed by atoms with Gasteiger partial charge in [-0.2, -0.15) is 13.2 Å². The Labute approximate surface area is 139 Å². The van der Waals surface area contributed by atoms with Crippen LogP contribution in [0, 0.1) is 6.92 Å². The predicted octanol–water partition coefficient (Wildman–Crippen LogP) is 2.23. The third-order valence-electron chi connectivity index (χ3n) is 2.86. The lowest BCUT2D eigenvalue weighted by Crippen LogP contribution is -2.27. The summed E-state index contributed by atoms with van der Waals surface area (Å²) in [6.07, 6.45) is -0.181. The van der Waals surface area contributed by atoms with E-state index in [9.17, 15) is 22.8 Å². The molecule has 0 atom stereocenters. The highest BCUT2D eigenvalue weighted by molar-refractivity contribution is 5.96. The van der Waals surface area contributed by atoms with Crippen LogP contribution in [0.4, 0.5) is 13.2 Å². The number of nitrogens with zero attached hydrogens (tertiary/aromatic N) is 3. The summed E-state index contributed by atoms with van der Waals surface area (Å²) < 4.78 is 46.4. The molecular formula is C15H12F3N3O4. The highest BCUT2D eigenvalue weighted by Gasteiger charge is 2.42. The number of carbonyl (C=O) groups is 2. The average molecular weight is 355 g/mol. The zero-order chi connectivity index (χ0) is 18.6. The number of imidazole rings is 1. The molecule has 2 heterocycles. The molecule has 132 valence electrons. The molecule has 0 spiro atoms. The first kappa shape index (κ1) is 18.2. The number of pyridine rings is 1. The van der Waals surface area contributed by atoms with E-state index in [0.717, 1.165) is 11.8 Å². The Morgan fingerprint density at radius 2 is 2.00 bits per heavy atom. The van der Waals surface area contributed by atoms with Crippen molar-refractivity contribution in [2.45, 2.75) is 13.1 Å². The van der Waals surface area contributed by atoms with Gasteiger partial charge in [0.1, 0.15) is 5.69 Å². The van der Waals surface area contributed by atoms with Crippen LogP contribution in [-0.2, 0) is 14.3 Å². The summed E-state index contributed by atoms with van der Waals surface area (Å²) in [5, 5.41) is 0. The van der Waals surface area contributed by atoms with Crippen LogP contribution >= 0.6 is 0 Å². The number of aromatic nitrogens is 3. The molecule has 0 unspecified atom stereocenters. The number of hydrogen-bond donors (Lipinski definition) is 0. The topological polar surface area (TPSA) is 83.3 Å². The van der Waals surface area contributed by atoms with Crippen LogP contribution in [0.5, 0.6) is 5.88 Å². The van der Waals surface area contributed by atoms with E-state index in [1.165, 1.54) is 13.2 Å². The lowest BCUT2D eigenvalue weighted by molar-refractivity contribution is -0.200. The van der Waals surface area contributed by atoms with Crippen LogP contribution in [0.1, 0.15) is 11.4 Å². The normalized spacial score (nSPS) is 11.6. The van der Waals surface area contributed by atoms with Crippen LogP contribution in [0.15, 0.2) is 30.7 Å². The smallest absolute Gasteiger partial charge is 0.479 e. The molecule has 0 aliphatic rings. The maximum atomic E-state index is 12.0. The minimum absolute atomic E-state index is 0.208. The van der Waals surface area contributed by atoms with E-state index in [1.807, 2.05) is 0 Å². The zero-order valence-corrected chi connectivity index (χ0v) is 13.1. The minimum Gasteiger partial charge on any atom is -0.479 e. The third kappa shape index (κ3) is 4.66. The summed E-state index contributed by atoms with van der Waals surface area (Å²) in [4.78, 5) is 29.9. The molecule has 0 amide bonds. The Balaban J connectivity index is 2.15. The number of hydrogen-bond acceptors (Lipinski definition) is 6. The zero-order valence-electron chi connectivity index (χ0n) is 13.1. The van der Waals surface area contributed by atoms with E-state index in [4.69, 9.17) is 4.74 Å². The Morgan fingerprint density at radius 3 is 2.56 bits per heavy atom. The Morgan fingerprint density at radius 1 is 1.28 bits per heavy atom. The highest BCUT2D eigenvalue weighted by atomic mass is 19.4. The number of aryl methyl sites for hydroxylation is 1. The van der Waals surface area contributed by atoms with E-state index in [0.29, 0.717) is 11.8 Å². The van der Waals surface area contributed by atoms with Crippen molar-refractivity contribution in [2.24, 2.45) is 0 Å². The predicted molar refractivity (Wildman–Crippen MR) is 78.8 cm³/mol. The lowest BCUT2D eigenvalue weighted by Gasteiger charge is -2.08. The minimum atomic E-state index is -5.24. The van der Waals surface area contributed by atoms with Crippen molar-refractivity contribution >= 4 is 18.0 Å². The van der Waals surface area contributed by atoms with Crippen molar-refractivity contribution in [2.75, 3.05) is 7.11 Å². The molecule has 25 heavy (non-hydrogen) atoms. The second-order valence-corrected chi connectivity index (χ2v) is 4.73.